The van der Waals surface area contributed by atoms with Crippen molar-refractivity contribution in [2.75, 3.05) is 13.6 Å². The minimum atomic E-state index is -0.187. The van der Waals surface area contributed by atoms with Gasteiger partial charge in [-0.3, -0.25) is 14.5 Å². The van der Waals surface area contributed by atoms with Crippen LogP contribution in [0.5, 0.6) is 0 Å². The Morgan fingerprint density at radius 3 is 2.57 bits per heavy atom. The maximum absolute atomic E-state index is 12.7. The molecule has 0 bridgehead atoms. The van der Waals surface area contributed by atoms with Gasteiger partial charge in [0.1, 0.15) is 4.32 Å². The van der Waals surface area contributed by atoms with E-state index < -0.39 is 0 Å². The maximum atomic E-state index is 12.7. The van der Waals surface area contributed by atoms with Crippen molar-refractivity contribution < 1.29 is 9.59 Å². The Hall–Kier alpha value is -2.15. The molecule has 4 nitrogen and oxygen atoms in total. The Morgan fingerprint density at radius 1 is 1.18 bits per heavy atom. The molecule has 1 fully saturated rings. The van der Waals surface area contributed by atoms with Crippen LogP contribution in [0, 0.1) is 0 Å². The molecule has 2 aromatic carbocycles. The lowest BCUT2D eigenvalue weighted by atomic mass is 10.2. The summed E-state index contributed by atoms with van der Waals surface area (Å²) in [5.41, 5.74) is 1.83. The second-order valence-corrected chi connectivity index (χ2v) is 8.42. The van der Waals surface area contributed by atoms with Crippen LogP contribution in [0.4, 0.5) is 0 Å². The van der Waals surface area contributed by atoms with Gasteiger partial charge in [0.2, 0.25) is 5.91 Å². The molecule has 0 radical (unpaired) electrons. The van der Waals surface area contributed by atoms with Gasteiger partial charge in [-0.15, -0.1) is 0 Å². The maximum Gasteiger partial charge on any atom is 0.266 e. The first kappa shape index (κ1) is 20.6. The number of rotatable bonds is 6. The van der Waals surface area contributed by atoms with E-state index in [0.29, 0.717) is 20.8 Å². The molecule has 1 heterocycles. The van der Waals surface area contributed by atoms with Crippen molar-refractivity contribution in [1.29, 1.82) is 0 Å². The molecule has 1 saturated heterocycles. The van der Waals surface area contributed by atoms with Crippen LogP contribution < -0.4 is 0 Å². The van der Waals surface area contributed by atoms with Gasteiger partial charge in [-0.1, -0.05) is 84.1 Å². The highest BCUT2D eigenvalue weighted by atomic mass is 35.5. The third kappa shape index (κ3) is 5.01. The summed E-state index contributed by atoms with van der Waals surface area (Å²) < 4.78 is 0.460. The van der Waals surface area contributed by atoms with Gasteiger partial charge in [0, 0.05) is 31.6 Å². The number of benzene rings is 2. The van der Waals surface area contributed by atoms with Crippen molar-refractivity contribution in [3.05, 3.63) is 75.7 Å². The molecule has 0 saturated carbocycles. The molecule has 0 aromatic heterocycles. The smallest absolute Gasteiger partial charge is 0.266 e. The van der Waals surface area contributed by atoms with E-state index >= 15 is 0 Å². The SMILES string of the molecule is CN(Cc1ccccc1)C(=O)CCN1C(=O)C(=Cc2ccccc2Cl)SC1=S. The van der Waals surface area contributed by atoms with Crippen molar-refractivity contribution >= 4 is 57.8 Å². The van der Waals surface area contributed by atoms with Crippen molar-refractivity contribution in [1.82, 2.24) is 9.80 Å². The van der Waals surface area contributed by atoms with Crippen molar-refractivity contribution in [2.24, 2.45) is 0 Å². The van der Waals surface area contributed by atoms with E-state index in [1.165, 1.54) is 16.7 Å². The average molecular weight is 431 g/mol. The molecule has 0 unspecified atom stereocenters. The number of amides is 2. The highest BCUT2D eigenvalue weighted by Gasteiger charge is 2.32. The predicted octanol–water partition coefficient (Wildman–Crippen LogP) is 4.59. The minimum Gasteiger partial charge on any atom is -0.341 e. The van der Waals surface area contributed by atoms with Crippen LogP contribution in [-0.4, -0.2) is 39.5 Å². The minimum absolute atomic E-state index is 0.0343. The number of halogens is 1. The summed E-state index contributed by atoms with van der Waals surface area (Å²) in [6.07, 6.45) is 1.96. The summed E-state index contributed by atoms with van der Waals surface area (Å²) in [7, 11) is 1.76. The van der Waals surface area contributed by atoms with Crippen LogP contribution in [0.1, 0.15) is 17.5 Å². The number of carbonyl (C=O) groups excluding carboxylic acids is 2. The molecule has 28 heavy (non-hydrogen) atoms. The number of carbonyl (C=O) groups is 2. The van der Waals surface area contributed by atoms with Crippen molar-refractivity contribution in [3.8, 4) is 0 Å². The molecule has 2 amide bonds. The highest BCUT2D eigenvalue weighted by Crippen LogP contribution is 2.33. The molecule has 1 aliphatic heterocycles. The number of hydrogen-bond donors (Lipinski definition) is 0. The molecule has 2 aromatic rings. The van der Waals surface area contributed by atoms with Crippen LogP contribution in [0.15, 0.2) is 59.5 Å². The zero-order valence-electron chi connectivity index (χ0n) is 15.3. The monoisotopic (exact) mass is 430 g/mol. The fourth-order valence-corrected chi connectivity index (χ4v) is 4.26. The quantitative estimate of drug-likeness (QED) is 0.496. The Bertz CT molecular complexity index is 931. The first-order valence-corrected chi connectivity index (χ1v) is 10.3. The average Bonchev–Trinajstić information content (AvgIpc) is 2.95. The van der Waals surface area contributed by atoms with E-state index in [-0.39, 0.29) is 24.8 Å². The van der Waals surface area contributed by atoms with Gasteiger partial charge in [0.25, 0.3) is 5.91 Å². The Balaban J connectivity index is 1.60. The summed E-state index contributed by atoms with van der Waals surface area (Å²) >= 11 is 12.7. The van der Waals surface area contributed by atoms with E-state index in [1.54, 1.807) is 24.1 Å². The molecule has 0 atom stereocenters. The molecule has 0 spiro atoms. The third-order valence-electron chi connectivity index (χ3n) is 4.30. The topological polar surface area (TPSA) is 40.6 Å². The number of thioether (sulfide) groups is 1. The number of nitrogens with zero attached hydrogens (tertiary/aromatic N) is 2. The van der Waals surface area contributed by atoms with Gasteiger partial charge in [0.05, 0.1) is 4.91 Å². The van der Waals surface area contributed by atoms with Gasteiger partial charge in [-0.25, -0.2) is 0 Å². The molecule has 144 valence electrons. The third-order valence-corrected chi connectivity index (χ3v) is 6.02. The molecule has 0 N–H and O–H groups in total. The molecule has 7 heteroatoms. The van der Waals surface area contributed by atoms with Crippen LogP contribution >= 0.6 is 35.6 Å². The fraction of sp³-hybridized carbons (Fsp3) is 0.190. The Labute approximate surface area is 179 Å². The zero-order valence-corrected chi connectivity index (χ0v) is 17.7. The fourth-order valence-electron chi connectivity index (χ4n) is 2.77. The number of hydrogen-bond acceptors (Lipinski definition) is 4. The van der Waals surface area contributed by atoms with E-state index in [9.17, 15) is 9.59 Å². The van der Waals surface area contributed by atoms with E-state index in [2.05, 4.69) is 0 Å². The standard InChI is InChI=1S/C21H19ClN2O2S2/c1-23(14-15-7-3-2-4-8-15)19(25)11-12-24-20(26)18(28-21(24)27)13-16-9-5-6-10-17(16)22/h2-10,13H,11-12,14H2,1H3. The second kappa shape index (κ2) is 9.37. The zero-order chi connectivity index (χ0) is 20.1. The predicted molar refractivity (Wildman–Crippen MR) is 119 cm³/mol. The molecular weight excluding hydrogens is 412 g/mol. The van der Waals surface area contributed by atoms with E-state index in [0.717, 1.165) is 11.1 Å². The largest absolute Gasteiger partial charge is 0.341 e. The summed E-state index contributed by atoms with van der Waals surface area (Å²) in [4.78, 5) is 28.8. The Kier molecular flexibility index (Phi) is 6.88. The lowest BCUT2D eigenvalue weighted by molar-refractivity contribution is -0.131. The first-order valence-electron chi connectivity index (χ1n) is 8.73. The highest BCUT2D eigenvalue weighted by molar-refractivity contribution is 8.26. The summed E-state index contributed by atoms with van der Waals surface area (Å²) in [5, 5.41) is 0.575. The van der Waals surface area contributed by atoms with Crippen molar-refractivity contribution in [2.45, 2.75) is 13.0 Å². The normalized spacial score (nSPS) is 15.4. The lowest BCUT2D eigenvalue weighted by Gasteiger charge is -2.19. The van der Waals surface area contributed by atoms with Gasteiger partial charge in [-0.2, -0.15) is 0 Å². The summed E-state index contributed by atoms with van der Waals surface area (Å²) in [6.45, 7) is 0.799. The second-order valence-electron chi connectivity index (χ2n) is 6.34. The summed E-state index contributed by atoms with van der Waals surface area (Å²) in [6, 6.07) is 17.1. The first-order chi connectivity index (χ1) is 13.5. The molecule has 0 aliphatic carbocycles. The van der Waals surface area contributed by atoms with Gasteiger partial charge in [0.15, 0.2) is 0 Å². The van der Waals surface area contributed by atoms with Crippen LogP contribution in [0.3, 0.4) is 0 Å². The van der Waals surface area contributed by atoms with Gasteiger partial charge in [-0.05, 0) is 23.3 Å². The summed E-state index contributed by atoms with van der Waals surface area (Å²) in [5.74, 6) is -0.221. The lowest BCUT2D eigenvalue weighted by Crippen LogP contribution is -2.34. The van der Waals surface area contributed by atoms with Gasteiger partial charge < -0.3 is 4.90 Å². The van der Waals surface area contributed by atoms with Crippen LogP contribution in [0.2, 0.25) is 5.02 Å². The number of thiocarbonyl (C=S) groups is 1. The van der Waals surface area contributed by atoms with Crippen molar-refractivity contribution in [3.63, 3.8) is 0 Å². The Morgan fingerprint density at radius 2 is 1.86 bits per heavy atom. The molecular formula is C21H19ClN2O2S2. The van der Waals surface area contributed by atoms with Crippen LogP contribution in [-0.2, 0) is 16.1 Å². The van der Waals surface area contributed by atoms with Gasteiger partial charge >= 0.3 is 0 Å². The molecule has 3 rings (SSSR count). The van der Waals surface area contributed by atoms with E-state index in [1.807, 2.05) is 48.5 Å². The van der Waals surface area contributed by atoms with E-state index in [4.69, 9.17) is 23.8 Å². The van der Waals surface area contributed by atoms with Crippen LogP contribution in [0.25, 0.3) is 6.08 Å². The molecule has 1 aliphatic rings.